The van der Waals surface area contributed by atoms with Crippen LogP contribution in [0.2, 0.25) is 0 Å². The van der Waals surface area contributed by atoms with E-state index in [2.05, 4.69) is 14.3 Å². The highest BCUT2D eigenvalue weighted by Crippen LogP contribution is 2.27. The smallest absolute Gasteiger partial charge is 0.373 e. The average molecular weight is 284 g/mol. The molecule has 0 radical (unpaired) electrons. The number of para-hydroxylation sites is 2. The molecule has 1 atom stereocenters. The largest absolute Gasteiger partial charge is 0.463 e. The number of imidazole rings is 1. The molecular weight excluding hydrogens is 268 g/mol. The normalized spacial score (nSPS) is 12.5. The Labute approximate surface area is 122 Å². The summed E-state index contributed by atoms with van der Waals surface area (Å²) in [6, 6.07) is 11.3. The molecule has 3 aromatic rings. The quantitative estimate of drug-likeness (QED) is 0.692. The number of carbonyl (C=O) groups excluding carboxylic acids is 1. The summed E-state index contributed by atoms with van der Waals surface area (Å²) in [6.45, 7) is 3.97. The van der Waals surface area contributed by atoms with Gasteiger partial charge >= 0.3 is 5.97 Å². The molecule has 0 N–H and O–H groups in total. The fourth-order valence-corrected chi connectivity index (χ4v) is 2.57. The van der Waals surface area contributed by atoms with Crippen LogP contribution in [-0.2, 0) is 4.74 Å². The molecule has 0 aliphatic heterocycles. The number of carbonyl (C=O) groups is 1. The van der Waals surface area contributed by atoms with Gasteiger partial charge in [0.25, 0.3) is 0 Å². The molecular formula is C16H16N2O3. The van der Waals surface area contributed by atoms with Crippen molar-refractivity contribution >= 4 is 17.0 Å². The number of fused-ring (bicyclic) bond motifs is 1. The van der Waals surface area contributed by atoms with Gasteiger partial charge in [0.1, 0.15) is 11.6 Å². The summed E-state index contributed by atoms with van der Waals surface area (Å²) in [5.41, 5.74) is 1.99. The molecule has 3 rings (SSSR count). The minimum Gasteiger partial charge on any atom is -0.463 e. The maximum atomic E-state index is 11.5. The molecule has 0 fully saturated rings. The molecule has 1 aromatic carbocycles. The lowest BCUT2D eigenvalue weighted by molar-refractivity contribution is 0.0562. The van der Waals surface area contributed by atoms with Crippen LogP contribution in [0.3, 0.4) is 0 Å². The van der Waals surface area contributed by atoms with Crippen LogP contribution in [0.15, 0.2) is 40.8 Å². The zero-order valence-corrected chi connectivity index (χ0v) is 12.2. The van der Waals surface area contributed by atoms with Crippen LogP contribution >= 0.6 is 0 Å². The van der Waals surface area contributed by atoms with Gasteiger partial charge in [0.05, 0.1) is 24.2 Å². The number of hydrogen-bond donors (Lipinski definition) is 0. The molecule has 108 valence electrons. The Morgan fingerprint density at radius 2 is 2.05 bits per heavy atom. The molecule has 5 nitrogen and oxygen atoms in total. The average Bonchev–Trinajstić information content (AvgIpc) is 3.09. The number of methoxy groups -OCH3 is 1. The minimum absolute atomic E-state index is 0.0594. The zero-order valence-electron chi connectivity index (χ0n) is 12.2. The van der Waals surface area contributed by atoms with Gasteiger partial charge in [-0.3, -0.25) is 0 Å². The molecule has 0 spiro atoms. The number of hydrogen-bond acceptors (Lipinski definition) is 4. The topological polar surface area (TPSA) is 57.3 Å². The molecule has 2 heterocycles. The summed E-state index contributed by atoms with van der Waals surface area (Å²) >= 11 is 0. The Morgan fingerprint density at radius 1 is 1.29 bits per heavy atom. The van der Waals surface area contributed by atoms with E-state index in [0.29, 0.717) is 5.76 Å². The summed E-state index contributed by atoms with van der Waals surface area (Å²) in [6.07, 6.45) is 0. The summed E-state index contributed by atoms with van der Waals surface area (Å²) in [5.74, 6) is 1.34. The second kappa shape index (κ2) is 5.09. The van der Waals surface area contributed by atoms with Gasteiger partial charge in [-0.1, -0.05) is 12.1 Å². The predicted octanol–water partition coefficient (Wildman–Crippen LogP) is 3.33. The maximum absolute atomic E-state index is 11.5. The van der Waals surface area contributed by atoms with Crippen molar-refractivity contribution in [1.29, 1.82) is 0 Å². The molecule has 0 saturated heterocycles. The van der Waals surface area contributed by atoms with Gasteiger partial charge in [-0.25, -0.2) is 9.78 Å². The van der Waals surface area contributed by atoms with E-state index in [0.717, 1.165) is 16.9 Å². The van der Waals surface area contributed by atoms with Crippen LogP contribution in [0.25, 0.3) is 11.0 Å². The van der Waals surface area contributed by atoms with E-state index in [4.69, 9.17) is 4.42 Å². The van der Waals surface area contributed by atoms with E-state index in [-0.39, 0.29) is 11.8 Å². The number of aryl methyl sites for hydroxylation is 1. The zero-order chi connectivity index (χ0) is 15.0. The summed E-state index contributed by atoms with van der Waals surface area (Å²) < 4.78 is 12.4. The van der Waals surface area contributed by atoms with Crippen molar-refractivity contribution in [1.82, 2.24) is 9.55 Å². The molecule has 1 unspecified atom stereocenters. The van der Waals surface area contributed by atoms with Gasteiger partial charge < -0.3 is 13.7 Å². The van der Waals surface area contributed by atoms with Gasteiger partial charge in [0, 0.05) is 0 Å². The lowest BCUT2D eigenvalue weighted by Gasteiger charge is -2.14. The highest BCUT2D eigenvalue weighted by Gasteiger charge is 2.19. The molecule has 0 bridgehead atoms. The lowest BCUT2D eigenvalue weighted by atomic mass is 10.2. The number of aromatic nitrogens is 2. The van der Waals surface area contributed by atoms with Crippen molar-refractivity contribution in [3.05, 3.63) is 53.7 Å². The van der Waals surface area contributed by atoms with Gasteiger partial charge in [-0.15, -0.1) is 0 Å². The van der Waals surface area contributed by atoms with Gasteiger partial charge in [0.2, 0.25) is 5.76 Å². The first-order valence-electron chi connectivity index (χ1n) is 6.73. The molecule has 0 saturated carbocycles. The number of nitrogens with zero attached hydrogens (tertiary/aromatic N) is 2. The Bertz CT molecular complexity index is 801. The van der Waals surface area contributed by atoms with E-state index >= 15 is 0 Å². The SMILES string of the molecule is COC(=O)c1ccc(C(C)n2c(C)nc3ccccc32)o1. The fourth-order valence-electron chi connectivity index (χ4n) is 2.57. The number of esters is 1. The first-order chi connectivity index (χ1) is 10.1. The van der Waals surface area contributed by atoms with E-state index in [9.17, 15) is 4.79 Å². The van der Waals surface area contributed by atoms with Crippen LogP contribution in [0.4, 0.5) is 0 Å². The lowest BCUT2D eigenvalue weighted by Crippen LogP contribution is -2.08. The fraction of sp³-hybridized carbons (Fsp3) is 0.250. The van der Waals surface area contributed by atoms with Crippen LogP contribution in [0.5, 0.6) is 0 Å². The van der Waals surface area contributed by atoms with Crippen LogP contribution < -0.4 is 0 Å². The molecule has 0 amide bonds. The summed E-state index contributed by atoms with van der Waals surface area (Å²) in [4.78, 5) is 16.0. The van der Waals surface area contributed by atoms with Crippen LogP contribution in [-0.4, -0.2) is 22.6 Å². The molecule has 0 aliphatic carbocycles. The second-order valence-electron chi connectivity index (χ2n) is 4.89. The summed E-state index contributed by atoms with van der Waals surface area (Å²) in [5, 5.41) is 0. The first kappa shape index (κ1) is 13.4. The maximum Gasteiger partial charge on any atom is 0.373 e. The molecule has 2 aromatic heterocycles. The van der Waals surface area contributed by atoms with Crippen molar-refractivity contribution in [2.45, 2.75) is 19.9 Å². The molecule has 0 aliphatic rings. The summed E-state index contributed by atoms with van der Waals surface area (Å²) in [7, 11) is 1.33. The third kappa shape index (κ3) is 2.20. The van der Waals surface area contributed by atoms with E-state index in [1.165, 1.54) is 7.11 Å². The first-order valence-corrected chi connectivity index (χ1v) is 6.73. The number of rotatable bonds is 3. The van der Waals surface area contributed by atoms with Crippen molar-refractivity contribution in [3.8, 4) is 0 Å². The van der Waals surface area contributed by atoms with Crippen molar-refractivity contribution in [3.63, 3.8) is 0 Å². The van der Waals surface area contributed by atoms with Crippen molar-refractivity contribution in [2.24, 2.45) is 0 Å². The highest BCUT2D eigenvalue weighted by molar-refractivity contribution is 5.86. The van der Waals surface area contributed by atoms with Gasteiger partial charge in [-0.2, -0.15) is 0 Å². The number of furan rings is 1. The van der Waals surface area contributed by atoms with Gasteiger partial charge in [-0.05, 0) is 38.1 Å². The van der Waals surface area contributed by atoms with Crippen LogP contribution in [0.1, 0.15) is 35.1 Å². The number of ether oxygens (including phenoxy) is 1. The van der Waals surface area contributed by atoms with Crippen molar-refractivity contribution < 1.29 is 13.9 Å². The highest BCUT2D eigenvalue weighted by atomic mass is 16.5. The number of benzene rings is 1. The molecule has 21 heavy (non-hydrogen) atoms. The Kier molecular flexibility index (Phi) is 3.25. The van der Waals surface area contributed by atoms with Gasteiger partial charge in [0.15, 0.2) is 0 Å². The standard InChI is InChI=1S/C16H16N2O3/c1-10(14-8-9-15(21-14)16(19)20-3)18-11(2)17-12-6-4-5-7-13(12)18/h4-10H,1-3H3. The third-order valence-corrected chi connectivity index (χ3v) is 3.58. The predicted molar refractivity (Wildman–Crippen MR) is 78.3 cm³/mol. The van der Waals surface area contributed by atoms with E-state index in [1.54, 1.807) is 12.1 Å². The minimum atomic E-state index is -0.472. The third-order valence-electron chi connectivity index (χ3n) is 3.58. The molecule has 5 heteroatoms. The Balaban J connectivity index is 2.04. The van der Waals surface area contributed by atoms with E-state index < -0.39 is 5.97 Å². The second-order valence-corrected chi connectivity index (χ2v) is 4.89. The van der Waals surface area contributed by atoms with Crippen LogP contribution in [0, 0.1) is 6.92 Å². The Hall–Kier alpha value is -2.56. The van der Waals surface area contributed by atoms with Crippen molar-refractivity contribution in [2.75, 3.05) is 7.11 Å². The monoisotopic (exact) mass is 284 g/mol. The Morgan fingerprint density at radius 3 is 2.81 bits per heavy atom. The van der Waals surface area contributed by atoms with E-state index in [1.807, 2.05) is 38.1 Å².